The van der Waals surface area contributed by atoms with E-state index in [2.05, 4.69) is 40.9 Å². The fourth-order valence-corrected chi connectivity index (χ4v) is 4.46. The molecular weight excluding hydrogens is 280 g/mol. The van der Waals surface area contributed by atoms with Crippen LogP contribution in [0.25, 0.3) is 0 Å². The molecule has 1 amide bonds. The highest BCUT2D eigenvalue weighted by molar-refractivity contribution is 7.07. The van der Waals surface area contributed by atoms with Crippen LogP contribution in [0.1, 0.15) is 64.6 Å². The fraction of sp³-hybridized carbons (Fsp3) is 0.706. The number of thiophene rings is 1. The SMILES string of the molecule is CCC1(C)NC(c2ccsc2)N(CC2(C)CCCC2)C1=O. The smallest absolute Gasteiger partial charge is 0.244 e. The van der Waals surface area contributed by atoms with E-state index < -0.39 is 5.54 Å². The Morgan fingerprint density at radius 2 is 2.10 bits per heavy atom. The first-order valence-corrected chi connectivity index (χ1v) is 9.03. The van der Waals surface area contributed by atoms with E-state index in [1.165, 1.54) is 31.2 Å². The van der Waals surface area contributed by atoms with Crippen molar-refractivity contribution in [1.82, 2.24) is 10.2 Å². The first kappa shape index (κ1) is 15.0. The van der Waals surface area contributed by atoms with Crippen molar-refractivity contribution < 1.29 is 4.79 Å². The second-order valence-corrected chi connectivity index (χ2v) is 8.02. The van der Waals surface area contributed by atoms with Crippen LogP contribution in [-0.2, 0) is 4.79 Å². The number of carbonyl (C=O) groups is 1. The van der Waals surface area contributed by atoms with E-state index in [1.54, 1.807) is 11.3 Å². The highest BCUT2D eigenvalue weighted by Crippen LogP contribution is 2.42. The van der Waals surface area contributed by atoms with Crippen LogP contribution >= 0.6 is 11.3 Å². The Labute approximate surface area is 131 Å². The normalized spacial score (nSPS) is 32.0. The number of rotatable bonds is 4. The molecule has 4 heteroatoms. The van der Waals surface area contributed by atoms with Gasteiger partial charge in [-0.25, -0.2) is 0 Å². The summed E-state index contributed by atoms with van der Waals surface area (Å²) in [5.41, 5.74) is 1.11. The van der Waals surface area contributed by atoms with E-state index in [1.807, 2.05) is 6.92 Å². The number of hydrogen-bond donors (Lipinski definition) is 1. The third-order valence-corrected chi connectivity index (χ3v) is 6.13. The first-order chi connectivity index (χ1) is 9.97. The summed E-state index contributed by atoms with van der Waals surface area (Å²) >= 11 is 1.70. The van der Waals surface area contributed by atoms with Crippen LogP contribution in [0.4, 0.5) is 0 Å². The molecule has 1 aliphatic heterocycles. The summed E-state index contributed by atoms with van der Waals surface area (Å²) in [6.07, 6.45) is 5.98. The molecule has 21 heavy (non-hydrogen) atoms. The monoisotopic (exact) mass is 306 g/mol. The molecule has 1 saturated carbocycles. The number of carbonyl (C=O) groups excluding carboxylic acids is 1. The second kappa shape index (κ2) is 5.40. The van der Waals surface area contributed by atoms with E-state index in [-0.39, 0.29) is 12.1 Å². The maximum Gasteiger partial charge on any atom is 0.244 e. The van der Waals surface area contributed by atoms with Gasteiger partial charge in [0.2, 0.25) is 5.91 Å². The molecule has 116 valence electrons. The maximum absolute atomic E-state index is 13.0. The molecule has 0 radical (unpaired) electrons. The summed E-state index contributed by atoms with van der Waals surface area (Å²) in [7, 11) is 0. The van der Waals surface area contributed by atoms with Crippen molar-refractivity contribution in [2.45, 2.75) is 64.6 Å². The van der Waals surface area contributed by atoms with Crippen molar-refractivity contribution >= 4 is 17.2 Å². The Bertz CT molecular complexity index is 507. The van der Waals surface area contributed by atoms with Crippen molar-refractivity contribution in [2.24, 2.45) is 5.41 Å². The lowest BCUT2D eigenvalue weighted by Crippen LogP contribution is -2.44. The van der Waals surface area contributed by atoms with Crippen molar-refractivity contribution in [3.8, 4) is 0 Å². The van der Waals surface area contributed by atoms with Gasteiger partial charge in [-0.05, 0) is 54.0 Å². The molecule has 1 N–H and O–H groups in total. The van der Waals surface area contributed by atoms with E-state index in [4.69, 9.17) is 0 Å². The van der Waals surface area contributed by atoms with E-state index in [0.29, 0.717) is 5.41 Å². The van der Waals surface area contributed by atoms with Crippen molar-refractivity contribution in [3.63, 3.8) is 0 Å². The average molecular weight is 306 g/mol. The lowest BCUT2D eigenvalue weighted by atomic mass is 9.87. The molecule has 2 unspecified atom stereocenters. The predicted molar refractivity (Wildman–Crippen MR) is 87.2 cm³/mol. The van der Waals surface area contributed by atoms with Gasteiger partial charge in [0, 0.05) is 6.54 Å². The zero-order chi connectivity index (χ0) is 15.1. The lowest BCUT2D eigenvalue weighted by Gasteiger charge is -2.33. The summed E-state index contributed by atoms with van der Waals surface area (Å²) in [5.74, 6) is 0.273. The van der Waals surface area contributed by atoms with Gasteiger partial charge in [0.1, 0.15) is 6.17 Å². The van der Waals surface area contributed by atoms with Gasteiger partial charge in [-0.2, -0.15) is 11.3 Å². The molecule has 1 saturated heterocycles. The molecule has 2 heterocycles. The standard InChI is InChI=1S/C17H26N2OS/c1-4-17(3)15(20)19(12-16(2)8-5-6-9-16)14(18-17)13-7-10-21-11-13/h7,10-11,14,18H,4-6,8-9,12H2,1-3H3. The molecule has 1 aromatic rings. The van der Waals surface area contributed by atoms with Crippen LogP contribution < -0.4 is 5.32 Å². The minimum atomic E-state index is -0.415. The highest BCUT2D eigenvalue weighted by Gasteiger charge is 2.49. The molecule has 2 aliphatic rings. The summed E-state index contributed by atoms with van der Waals surface area (Å²) in [6.45, 7) is 7.37. The van der Waals surface area contributed by atoms with Crippen LogP contribution in [0.15, 0.2) is 16.8 Å². The molecule has 1 aromatic heterocycles. The third kappa shape index (κ3) is 2.64. The van der Waals surface area contributed by atoms with Gasteiger partial charge < -0.3 is 4.90 Å². The van der Waals surface area contributed by atoms with E-state index in [9.17, 15) is 4.79 Å². The topological polar surface area (TPSA) is 32.3 Å². The first-order valence-electron chi connectivity index (χ1n) is 8.08. The van der Waals surface area contributed by atoms with Gasteiger partial charge in [-0.3, -0.25) is 10.1 Å². The zero-order valence-electron chi connectivity index (χ0n) is 13.3. The summed E-state index contributed by atoms with van der Waals surface area (Å²) < 4.78 is 0. The number of amides is 1. The third-order valence-electron chi connectivity index (χ3n) is 5.43. The summed E-state index contributed by atoms with van der Waals surface area (Å²) in [5, 5.41) is 7.85. The molecule has 3 rings (SSSR count). The molecule has 3 nitrogen and oxygen atoms in total. The van der Waals surface area contributed by atoms with Crippen molar-refractivity contribution in [1.29, 1.82) is 0 Å². The number of nitrogens with one attached hydrogen (secondary N) is 1. The van der Waals surface area contributed by atoms with Gasteiger partial charge in [0.05, 0.1) is 5.54 Å². The lowest BCUT2D eigenvalue weighted by molar-refractivity contribution is -0.134. The zero-order valence-corrected chi connectivity index (χ0v) is 14.1. The molecule has 0 spiro atoms. The molecule has 2 fully saturated rings. The molecule has 0 bridgehead atoms. The molecule has 1 aliphatic carbocycles. The van der Waals surface area contributed by atoms with Gasteiger partial charge in [0.15, 0.2) is 0 Å². The van der Waals surface area contributed by atoms with Gasteiger partial charge in [-0.15, -0.1) is 0 Å². The van der Waals surface area contributed by atoms with Crippen LogP contribution in [0.2, 0.25) is 0 Å². The quantitative estimate of drug-likeness (QED) is 0.914. The van der Waals surface area contributed by atoms with Gasteiger partial charge in [0.25, 0.3) is 0 Å². The number of hydrogen-bond acceptors (Lipinski definition) is 3. The minimum Gasteiger partial charge on any atom is -0.321 e. The minimum absolute atomic E-state index is 0.0473. The van der Waals surface area contributed by atoms with E-state index >= 15 is 0 Å². The Hall–Kier alpha value is -0.870. The van der Waals surface area contributed by atoms with Gasteiger partial charge >= 0.3 is 0 Å². The Morgan fingerprint density at radius 1 is 1.38 bits per heavy atom. The van der Waals surface area contributed by atoms with Crippen LogP contribution in [0.5, 0.6) is 0 Å². The van der Waals surface area contributed by atoms with Crippen LogP contribution in [0, 0.1) is 5.41 Å². The largest absolute Gasteiger partial charge is 0.321 e. The predicted octanol–water partition coefficient (Wildman–Crippen LogP) is 3.93. The highest BCUT2D eigenvalue weighted by atomic mass is 32.1. The van der Waals surface area contributed by atoms with Crippen molar-refractivity contribution in [3.05, 3.63) is 22.4 Å². The average Bonchev–Trinajstić information content (AvgIpc) is 3.17. The number of nitrogens with zero attached hydrogens (tertiary/aromatic N) is 1. The molecule has 2 atom stereocenters. The van der Waals surface area contributed by atoms with E-state index in [0.717, 1.165) is 13.0 Å². The molecular formula is C17H26N2OS. The summed E-state index contributed by atoms with van der Waals surface area (Å²) in [6, 6.07) is 2.14. The molecule has 0 aromatic carbocycles. The Morgan fingerprint density at radius 3 is 2.67 bits per heavy atom. The second-order valence-electron chi connectivity index (χ2n) is 7.24. The van der Waals surface area contributed by atoms with Gasteiger partial charge in [-0.1, -0.05) is 26.7 Å². The summed E-state index contributed by atoms with van der Waals surface area (Å²) in [4.78, 5) is 15.1. The Kier molecular flexibility index (Phi) is 3.87. The van der Waals surface area contributed by atoms with Crippen LogP contribution in [-0.4, -0.2) is 22.9 Å². The van der Waals surface area contributed by atoms with Crippen LogP contribution in [0.3, 0.4) is 0 Å². The van der Waals surface area contributed by atoms with Crippen molar-refractivity contribution in [2.75, 3.05) is 6.54 Å². The fourth-order valence-electron chi connectivity index (χ4n) is 3.78. The Balaban J connectivity index is 1.88. The maximum atomic E-state index is 13.0.